The fourth-order valence-corrected chi connectivity index (χ4v) is 2.59. The van der Waals surface area contributed by atoms with Gasteiger partial charge in [0.05, 0.1) is 6.04 Å². The number of ether oxygens (including phenoxy) is 1. The van der Waals surface area contributed by atoms with E-state index >= 15 is 0 Å². The highest BCUT2D eigenvalue weighted by atomic mass is 32.2. The van der Waals surface area contributed by atoms with Crippen molar-refractivity contribution in [3.63, 3.8) is 0 Å². The molecular weight excluding hydrogens is 224 g/mol. The van der Waals surface area contributed by atoms with E-state index in [1.54, 1.807) is 18.9 Å². The largest absolute Gasteiger partial charge is 0.385 e. The number of tetrazole rings is 1. The summed E-state index contributed by atoms with van der Waals surface area (Å²) >= 11 is 1.77. The summed E-state index contributed by atoms with van der Waals surface area (Å²) in [5.41, 5.74) is 0. The van der Waals surface area contributed by atoms with E-state index in [0.29, 0.717) is 11.3 Å². The van der Waals surface area contributed by atoms with E-state index in [9.17, 15) is 0 Å². The SMILES string of the molecule is COCCC[C@@H](C)Sc1nnnn1C1CC1. The van der Waals surface area contributed by atoms with Crippen molar-refractivity contribution >= 4 is 11.8 Å². The Hall–Kier alpha value is -0.620. The van der Waals surface area contributed by atoms with E-state index in [0.717, 1.165) is 24.6 Å². The lowest BCUT2D eigenvalue weighted by molar-refractivity contribution is 0.193. The molecule has 5 nitrogen and oxygen atoms in total. The van der Waals surface area contributed by atoms with Crippen molar-refractivity contribution in [1.29, 1.82) is 0 Å². The number of rotatable bonds is 7. The minimum Gasteiger partial charge on any atom is -0.385 e. The molecule has 0 unspecified atom stereocenters. The van der Waals surface area contributed by atoms with Crippen molar-refractivity contribution in [3.8, 4) is 0 Å². The highest BCUT2D eigenvalue weighted by molar-refractivity contribution is 7.99. The smallest absolute Gasteiger partial charge is 0.209 e. The standard InChI is InChI=1S/C10H18N4OS/c1-8(4-3-7-15-2)16-10-11-12-13-14(10)9-5-6-9/h8-9H,3-7H2,1-2H3/t8-/m1/s1. The van der Waals surface area contributed by atoms with Crippen LogP contribution < -0.4 is 0 Å². The van der Waals surface area contributed by atoms with Gasteiger partial charge in [0.15, 0.2) is 0 Å². The third-order valence-corrected chi connectivity index (χ3v) is 3.74. The zero-order valence-corrected chi connectivity index (χ0v) is 10.6. The van der Waals surface area contributed by atoms with Crippen LogP contribution in [0.1, 0.15) is 38.6 Å². The second-order valence-electron chi connectivity index (χ2n) is 4.20. The molecule has 1 aromatic heterocycles. The maximum absolute atomic E-state index is 5.04. The Morgan fingerprint density at radius 1 is 1.56 bits per heavy atom. The van der Waals surface area contributed by atoms with E-state index in [1.165, 1.54) is 12.8 Å². The fourth-order valence-electron chi connectivity index (χ4n) is 1.57. The molecule has 0 bridgehead atoms. The molecule has 16 heavy (non-hydrogen) atoms. The molecule has 1 fully saturated rings. The molecule has 90 valence electrons. The quantitative estimate of drug-likeness (QED) is 0.540. The summed E-state index contributed by atoms with van der Waals surface area (Å²) in [4.78, 5) is 0. The molecule has 1 atom stereocenters. The molecule has 6 heteroatoms. The van der Waals surface area contributed by atoms with Crippen molar-refractivity contribution in [2.24, 2.45) is 0 Å². The molecule has 0 saturated heterocycles. The summed E-state index contributed by atoms with van der Waals surface area (Å²) in [6.07, 6.45) is 4.67. The molecule has 1 aromatic rings. The zero-order chi connectivity index (χ0) is 11.4. The van der Waals surface area contributed by atoms with Gasteiger partial charge in [0.2, 0.25) is 5.16 Å². The van der Waals surface area contributed by atoms with Gasteiger partial charge in [0.25, 0.3) is 0 Å². The Morgan fingerprint density at radius 3 is 3.06 bits per heavy atom. The first-order chi connectivity index (χ1) is 7.81. The van der Waals surface area contributed by atoms with Crippen molar-refractivity contribution in [1.82, 2.24) is 20.2 Å². The monoisotopic (exact) mass is 242 g/mol. The Labute approximate surface area is 99.9 Å². The van der Waals surface area contributed by atoms with Crippen molar-refractivity contribution < 1.29 is 4.74 Å². The van der Waals surface area contributed by atoms with Gasteiger partial charge < -0.3 is 4.74 Å². The van der Waals surface area contributed by atoms with Gasteiger partial charge in [-0.3, -0.25) is 0 Å². The molecule has 0 radical (unpaired) electrons. The second kappa shape index (κ2) is 5.63. The molecule has 0 aromatic carbocycles. The summed E-state index contributed by atoms with van der Waals surface area (Å²) < 4.78 is 7.01. The van der Waals surface area contributed by atoms with E-state index in [4.69, 9.17) is 4.74 Å². The average Bonchev–Trinajstić information content (AvgIpc) is 3.01. The van der Waals surface area contributed by atoms with Gasteiger partial charge in [-0.15, -0.1) is 5.10 Å². The summed E-state index contributed by atoms with van der Waals surface area (Å²) in [5, 5.41) is 13.4. The predicted molar refractivity (Wildman–Crippen MR) is 62.5 cm³/mol. The maximum Gasteiger partial charge on any atom is 0.209 e. The minimum atomic E-state index is 0.540. The van der Waals surface area contributed by atoms with Gasteiger partial charge in [-0.2, -0.15) is 0 Å². The van der Waals surface area contributed by atoms with Crippen molar-refractivity contribution in [2.75, 3.05) is 13.7 Å². The van der Waals surface area contributed by atoms with Crippen LogP contribution in [0.2, 0.25) is 0 Å². The first-order valence-corrected chi connectivity index (χ1v) is 6.62. The Morgan fingerprint density at radius 2 is 2.38 bits per heavy atom. The molecule has 1 aliphatic carbocycles. The Bertz CT molecular complexity index is 326. The predicted octanol–water partition coefficient (Wildman–Crippen LogP) is 1.92. The molecular formula is C10H18N4OS. The minimum absolute atomic E-state index is 0.540. The molecule has 0 amide bonds. The van der Waals surface area contributed by atoms with Gasteiger partial charge in [-0.05, 0) is 36.1 Å². The summed E-state index contributed by atoms with van der Waals surface area (Å²) in [7, 11) is 1.74. The number of nitrogens with zero attached hydrogens (tertiary/aromatic N) is 4. The first kappa shape index (κ1) is 11.9. The van der Waals surface area contributed by atoms with Gasteiger partial charge in [0.1, 0.15) is 0 Å². The third kappa shape index (κ3) is 3.18. The molecule has 1 aliphatic rings. The van der Waals surface area contributed by atoms with Crippen LogP contribution in [0.4, 0.5) is 0 Å². The molecule has 0 aliphatic heterocycles. The van der Waals surface area contributed by atoms with Crippen LogP contribution in [-0.4, -0.2) is 39.2 Å². The van der Waals surface area contributed by atoms with Crippen LogP contribution in [-0.2, 0) is 4.74 Å². The summed E-state index contributed by atoms with van der Waals surface area (Å²) in [6.45, 7) is 3.05. The van der Waals surface area contributed by atoms with E-state index in [1.807, 2.05) is 4.68 Å². The van der Waals surface area contributed by atoms with Crippen LogP contribution in [0.5, 0.6) is 0 Å². The normalized spacial score (nSPS) is 17.6. The van der Waals surface area contributed by atoms with E-state index in [2.05, 4.69) is 22.4 Å². The Balaban J connectivity index is 1.80. The van der Waals surface area contributed by atoms with Crippen molar-refractivity contribution in [3.05, 3.63) is 0 Å². The number of methoxy groups -OCH3 is 1. The first-order valence-electron chi connectivity index (χ1n) is 5.74. The number of hydrogen-bond acceptors (Lipinski definition) is 5. The highest BCUT2D eigenvalue weighted by Gasteiger charge is 2.28. The van der Waals surface area contributed by atoms with Gasteiger partial charge in [-0.25, -0.2) is 4.68 Å². The van der Waals surface area contributed by atoms with Crippen LogP contribution in [0.25, 0.3) is 0 Å². The molecule has 0 N–H and O–H groups in total. The maximum atomic E-state index is 5.04. The van der Waals surface area contributed by atoms with Gasteiger partial charge >= 0.3 is 0 Å². The van der Waals surface area contributed by atoms with Crippen LogP contribution in [0.15, 0.2) is 5.16 Å². The molecule has 1 heterocycles. The number of hydrogen-bond donors (Lipinski definition) is 0. The van der Waals surface area contributed by atoms with Gasteiger partial charge in [-0.1, -0.05) is 18.7 Å². The van der Waals surface area contributed by atoms with E-state index < -0.39 is 0 Å². The summed E-state index contributed by atoms with van der Waals surface area (Å²) in [6, 6.07) is 0.559. The topological polar surface area (TPSA) is 52.8 Å². The fraction of sp³-hybridized carbons (Fsp3) is 0.900. The van der Waals surface area contributed by atoms with Crippen molar-refractivity contribution in [2.45, 2.75) is 49.1 Å². The van der Waals surface area contributed by atoms with Gasteiger partial charge in [0, 0.05) is 19.0 Å². The molecule has 0 spiro atoms. The van der Waals surface area contributed by atoms with E-state index in [-0.39, 0.29) is 0 Å². The van der Waals surface area contributed by atoms with Crippen LogP contribution in [0, 0.1) is 0 Å². The summed E-state index contributed by atoms with van der Waals surface area (Å²) in [5.74, 6) is 0. The molecule has 2 rings (SSSR count). The average molecular weight is 242 g/mol. The van der Waals surface area contributed by atoms with Crippen LogP contribution in [0.3, 0.4) is 0 Å². The lowest BCUT2D eigenvalue weighted by Gasteiger charge is -2.09. The number of aromatic nitrogens is 4. The third-order valence-electron chi connectivity index (χ3n) is 2.62. The second-order valence-corrected chi connectivity index (χ2v) is 5.61. The molecule has 1 saturated carbocycles. The zero-order valence-electron chi connectivity index (χ0n) is 9.80. The highest BCUT2D eigenvalue weighted by Crippen LogP contribution is 2.37. The Kier molecular flexibility index (Phi) is 4.17. The lowest BCUT2D eigenvalue weighted by Crippen LogP contribution is -2.04. The van der Waals surface area contributed by atoms with Crippen LogP contribution >= 0.6 is 11.8 Å². The number of thioether (sulfide) groups is 1. The lowest BCUT2D eigenvalue weighted by atomic mass is 10.3.